The lowest BCUT2D eigenvalue weighted by Crippen LogP contribution is -2.22. The van der Waals surface area contributed by atoms with Gasteiger partial charge in [0.2, 0.25) is 15.9 Å². The van der Waals surface area contributed by atoms with E-state index in [-0.39, 0.29) is 10.8 Å². The van der Waals surface area contributed by atoms with Crippen molar-refractivity contribution in [2.75, 3.05) is 19.4 Å². The van der Waals surface area contributed by atoms with Crippen molar-refractivity contribution in [3.05, 3.63) is 78.4 Å². The minimum atomic E-state index is -3.48. The van der Waals surface area contributed by atoms with E-state index in [2.05, 4.69) is 5.32 Å². The first-order valence-electron chi connectivity index (χ1n) is 8.37. The van der Waals surface area contributed by atoms with Gasteiger partial charge < -0.3 is 5.32 Å². The predicted molar refractivity (Wildman–Crippen MR) is 109 cm³/mol. The number of rotatable bonds is 5. The SMILES string of the molecule is CN(C)S(=O)(=O)c1ccc(NC(=O)/C=C/c2cccc3ccccc23)cc1. The van der Waals surface area contributed by atoms with Gasteiger partial charge in [0, 0.05) is 25.9 Å². The van der Waals surface area contributed by atoms with E-state index in [9.17, 15) is 13.2 Å². The number of nitrogens with zero attached hydrogens (tertiary/aromatic N) is 1. The highest BCUT2D eigenvalue weighted by molar-refractivity contribution is 7.89. The number of hydrogen-bond donors (Lipinski definition) is 1. The first kappa shape index (κ1) is 18.8. The van der Waals surface area contributed by atoms with Crippen molar-refractivity contribution < 1.29 is 13.2 Å². The van der Waals surface area contributed by atoms with Crippen molar-refractivity contribution in [1.29, 1.82) is 0 Å². The Morgan fingerprint density at radius 3 is 2.30 bits per heavy atom. The molecule has 5 nitrogen and oxygen atoms in total. The quantitative estimate of drug-likeness (QED) is 0.686. The third kappa shape index (κ3) is 4.24. The smallest absolute Gasteiger partial charge is 0.248 e. The second kappa shape index (κ2) is 7.73. The molecule has 0 heterocycles. The normalized spacial score (nSPS) is 12.0. The summed E-state index contributed by atoms with van der Waals surface area (Å²) < 4.78 is 25.3. The molecule has 1 N–H and O–H groups in total. The second-order valence-corrected chi connectivity index (χ2v) is 8.35. The van der Waals surface area contributed by atoms with Crippen LogP contribution in [0.1, 0.15) is 5.56 Å². The number of carbonyl (C=O) groups is 1. The van der Waals surface area contributed by atoms with Crippen LogP contribution in [0.2, 0.25) is 0 Å². The summed E-state index contributed by atoms with van der Waals surface area (Å²) in [5, 5.41) is 4.91. The Morgan fingerprint density at radius 1 is 0.926 bits per heavy atom. The van der Waals surface area contributed by atoms with Gasteiger partial charge in [0.05, 0.1) is 4.90 Å². The van der Waals surface area contributed by atoms with Gasteiger partial charge in [0.1, 0.15) is 0 Å². The molecule has 0 saturated carbocycles. The van der Waals surface area contributed by atoms with Crippen LogP contribution in [0.4, 0.5) is 5.69 Å². The topological polar surface area (TPSA) is 66.5 Å². The molecule has 27 heavy (non-hydrogen) atoms. The van der Waals surface area contributed by atoms with Gasteiger partial charge >= 0.3 is 0 Å². The molecule has 0 aromatic heterocycles. The molecule has 0 saturated heterocycles. The summed E-state index contributed by atoms with van der Waals surface area (Å²) in [5.41, 5.74) is 1.48. The third-order valence-corrected chi connectivity index (χ3v) is 5.97. The van der Waals surface area contributed by atoms with Gasteiger partial charge in [-0.15, -0.1) is 0 Å². The fourth-order valence-electron chi connectivity index (χ4n) is 2.67. The zero-order valence-corrected chi connectivity index (χ0v) is 15.9. The fourth-order valence-corrected chi connectivity index (χ4v) is 3.57. The average Bonchev–Trinajstić information content (AvgIpc) is 2.66. The number of anilines is 1. The van der Waals surface area contributed by atoms with Crippen LogP contribution in [0.15, 0.2) is 77.7 Å². The Kier molecular flexibility index (Phi) is 5.39. The highest BCUT2D eigenvalue weighted by Gasteiger charge is 2.16. The zero-order chi connectivity index (χ0) is 19.4. The van der Waals surface area contributed by atoms with Gasteiger partial charge in [-0.25, -0.2) is 12.7 Å². The molecule has 0 fully saturated rings. The number of amides is 1. The van der Waals surface area contributed by atoms with E-state index in [0.717, 1.165) is 20.6 Å². The summed E-state index contributed by atoms with van der Waals surface area (Å²) >= 11 is 0. The van der Waals surface area contributed by atoms with Crippen LogP contribution < -0.4 is 5.32 Å². The van der Waals surface area contributed by atoms with Gasteiger partial charge in [0.15, 0.2) is 0 Å². The van der Waals surface area contributed by atoms with E-state index < -0.39 is 10.0 Å². The molecule has 0 aliphatic carbocycles. The lowest BCUT2D eigenvalue weighted by molar-refractivity contribution is -0.111. The van der Waals surface area contributed by atoms with Crippen LogP contribution >= 0.6 is 0 Å². The molecule has 0 radical (unpaired) electrons. The molecule has 0 aliphatic heterocycles. The Hall–Kier alpha value is -2.96. The molecule has 0 spiro atoms. The van der Waals surface area contributed by atoms with E-state index in [0.29, 0.717) is 5.69 Å². The maximum Gasteiger partial charge on any atom is 0.248 e. The summed E-state index contributed by atoms with van der Waals surface area (Å²) in [7, 11) is -0.532. The fraction of sp³-hybridized carbons (Fsp3) is 0.0952. The number of fused-ring (bicyclic) bond motifs is 1. The monoisotopic (exact) mass is 380 g/mol. The maximum absolute atomic E-state index is 12.2. The summed E-state index contributed by atoms with van der Waals surface area (Å²) in [6.07, 6.45) is 3.23. The van der Waals surface area contributed by atoms with Crippen molar-refractivity contribution in [2.45, 2.75) is 4.90 Å². The van der Waals surface area contributed by atoms with E-state index >= 15 is 0 Å². The molecular formula is C21H20N2O3S. The molecule has 6 heteroatoms. The van der Waals surface area contributed by atoms with Crippen LogP contribution in [-0.2, 0) is 14.8 Å². The maximum atomic E-state index is 12.2. The minimum Gasteiger partial charge on any atom is -0.323 e. The van der Waals surface area contributed by atoms with Gasteiger partial charge in [0.25, 0.3) is 0 Å². The Labute approximate surface area is 159 Å². The number of hydrogen-bond acceptors (Lipinski definition) is 3. The van der Waals surface area contributed by atoms with Crippen LogP contribution in [0.5, 0.6) is 0 Å². The summed E-state index contributed by atoms with van der Waals surface area (Å²) in [5.74, 6) is -0.286. The van der Waals surface area contributed by atoms with E-state index in [4.69, 9.17) is 0 Å². The molecule has 138 valence electrons. The van der Waals surface area contributed by atoms with Crippen molar-refractivity contribution in [3.8, 4) is 0 Å². The van der Waals surface area contributed by atoms with E-state index in [1.54, 1.807) is 18.2 Å². The molecule has 0 aliphatic rings. The van der Waals surface area contributed by atoms with Crippen molar-refractivity contribution in [2.24, 2.45) is 0 Å². The van der Waals surface area contributed by atoms with E-state index in [1.165, 1.54) is 32.3 Å². The second-order valence-electron chi connectivity index (χ2n) is 6.20. The molecule has 3 aromatic carbocycles. The Balaban J connectivity index is 1.73. The molecule has 3 aromatic rings. The van der Waals surface area contributed by atoms with Gasteiger partial charge in [-0.2, -0.15) is 0 Å². The van der Waals surface area contributed by atoms with E-state index in [1.807, 2.05) is 42.5 Å². The van der Waals surface area contributed by atoms with Gasteiger partial charge in [-0.05, 0) is 46.7 Å². The van der Waals surface area contributed by atoms with Crippen LogP contribution in [-0.4, -0.2) is 32.7 Å². The van der Waals surface area contributed by atoms with Crippen LogP contribution in [0, 0.1) is 0 Å². The molecule has 0 atom stereocenters. The van der Waals surface area contributed by atoms with Crippen LogP contribution in [0.3, 0.4) is 0 Å². The summed E-state index contributed by atoms with van der Waals surface area (Å²) in [4.78, 5) is 12.4. The number of nitrogens with one attached hydrogen (secondary N) is 1. The summed E-state index contributed by atoms with van der Waals surface area (Å²) in [6.45, 7) is 0. The summed E-state index contributed by atoms with van der Waals surface area (Å²) in [6, 6.07) is 20.0. The molecule has 0 bridgehead atoms. The number of sulfonamides is 1. The lowest BCUT2D eigenvalue weighted by atomic mass is 10.0. The molecule has 0 unspecified atom stereocenters. The molecular weight excluding hydrogens is 360 g/mol. The first-order valence-corrected chi connectivity index (χ1v) is 9.81. The van der Waals surface area contributed by atoms with Crippen molar-refractivity contribution >= 4 is 38.5 Å². The van der Waals surface area contributed by atoms with Crippen molar-refractivity contribution in [3.63, 3.8) is 0 Å². The minimum absolute atomic E-state index is 0.178. The highest BCUT2D eigenvalue weighted by Crippen LogP contribution is 2.20. The predicted octanol–water partition coefficient (Wildman–Crippen LogP) is 3.74. The average molecular weight is 380 g/mol. The van der Waals surface area contributed by atoms with Crippen LogP contribution in [0.25, 0.3) is 16.8 Å². The standard InChI is InChI=1S/C21H20N2O3S/c1-23(2)27(25,26)19-13-11-18(12-14-19)22-21(24)15-10-17-8-5-7-16-6-3-4-9-20(16)17/h3-15H,1-2H3,(H,22,24)/b15-10+. The zero-order valence-electron chi connectivity index (χ0n) is 15.1. The lowest BCUT2D eigenvalue weighted by Gasteiger charge is -2.11. The molecule has 1 amide bonds. The largest absolute Gasteiger partial charge is 0.323 e. The third-order valence-electron chi connectivity index (χ3n) is 4.14. The van der Waals surface area contributed by atoms with Gasteiger partial charge in [-0.3, -0.25) is 4.79 Å². The number of carbonyl (C=O) groups excluding carboxylic acids is 1. The van der Waals surface area contributed by atoms with Crippen molar-refractivity contribution in [1.82, 2.24) is 4.31 Å². The highest BCUT2D eigenvalue weighted by atomic mass is 32.2. The first-order chi connectivity index (χ1) is 12.9. The number of benzene rings is 3. The Bertz CT molecular complexity index is 1100. The molecule has 3 rings (SSSR count). The van der Waals surface area contributed by atoms with Gasteiger partial charge in [-0.1, -0.05) is 42.5 Å². The Morgan fingerprint density at radius 2 is 1.59 bits per heavy atom.